The van der Waals surface area contributed by atoms with Gasteiger partial charge < -0.3 is 25.0 Å². The van der Waals surface area contributed by atoms with Crippen molar-refractivity contribution in [2.24, 2.45) is 0 Å². The largest absolute Gasteiger partial charge is 0.573 e. The molecule has 1 atom stereocenters. The van der Waals surface area contributed by atoms with Crippen LogP contribution in [0.2, 0.25) is 0 Å². The molecular formula is C18H20ClF3N4O3. The Kier molecular flexibility index (Phi) is 7.91. The number of hydrogen-bond donors (Lipinski definition) is 2. The van der Waals surface area contributed by atoms with Gasteiger partial charge in [-0.2, -0.15) is 0 Å². The Hall–Kier alpha value is -2.72. The molecular weight excluding hydrogens is 413 g/mol. The van der Waals surface area contributed by atoms with Crippen molar-refractivity contribution < 1.29 is 27.4 Å². The van der Waals surface area contributed by atoms with E-state index < -0.39 is 6.36 Å². The topological polar surface area (TPSA) is 75.7 Å². The van der Waals surface area contributed by atoms with Crippen LogP contribution in [-0.4, -0.2) is 54.6 Å². The first kappa shape index (κ1) is 22.6. The van der Waals surface area contributed by atoms with Crippen molar-refractivity contribution in [3.8, 4) is 11.5 Å². The number of aromatic nitrogens is 1. The number of piperazine rings is 1. The molecule has 2 aromatic rings. The number of carbonyl (C=O) groups is 1. The van der Waals surface area contributed by atoms with Crippen molar-refractivity contribution in [1.29, 1.82) is 0 Å². The molecule has 7 nitrogen and oxygen atoms in total. The first-order valence-electron chi connectivity index (χ1n) is 8.58. The maximum Gasteiger partial charge on any atom is 0.573 e. The summed E-state index contributed by atoms with van der Waals surface area (Å²) in [6.45, 7) is 1.95. The highest BCUT2D eigenvalue weighted by molar-refractivity contribution is 5.89. The molecule has 0 aliphatic carbocycles. The van der Waals surface area contributed by atoms with E-state index in [2.05, 4.69) is 20.4 Å². The standard InChI is InChI=1S/C18H19F3N4O3.ClH/c19-18(20,21)28-15-5-3-13(4-6-15)24-17(26)25-9-8-23-10-14(25)12-27-16-2-1-7-22-11-16;/h1-7,11,14,23H,8-10,12H2,(H,24,26);1H. The third-order valence-electron chi connectivity index (χ3n) is 4.03. The second-order valence-electron chi connectivity index (χ2n) is 6.05. The average molecular weight is 433 g/mol. The summed E-state index contributed by atoms with van der Waals surface area (Å²) in [5.74, 6) is 0.254. The van der Waals surface area contributed by atoms with Crippen LogP contribution in [0.4, 0.5) is 23.7 Å². The highest BCUT2D eigenvalue weighted by atomic mass is 35.5. The zero-order chi connectivity index (χ0) is 20.0. The summed E-state index contributed by atoms with van der Waals surface area (Å²) in [6.07, 6.45) is -1.53. The van der Waals surface area contributed by atoms with Crippen molar-refractivity contribution in [3.05, 3.63) is 48.8 Å². The van der Waals surface area contributed by atoms with E-state index in [4.69, 9.17) is 4.74 Å². The molecule has 2 amide bonds. The lowest BCUT2D eigenvalue weighted by molar-refractivity contribution is -0.274. The fourth-order valence-corrected chi connectivity index (χ4v) is 2.74. The second kappa shape index (κ2) is 10.2. The van der Waals surface area contributed by atoms with Gasteiger partial charge in [0.15, 0.2) is 0 Å². The molecule has 1 unspecified atom stereocenters. The van der Waals surface area contributed by atoms with Gasteiger partial charge in [0.25, 0.3) is 0 Å². The van der Waals surface area contributed by atoms with Gasteiger partial charge in [0, 0.05) is 31.5 Å². The van der Waals surface area contributed by atoms with Gasteiger partial charge in [-0.15, -0.1) is 25.6 Å². The fourth-order valence-electron chi connectivity index (χ4n) is 2.74. The molecule has 0 radical (unpaired) electrons. The lowest BCUT2D eigenvalue weighted by atomic mass is 10.2. The van der Waals surface area contributed by atoms with Gasteiger partial charge in [-0.1, -0.05) is 0 Å². The van der Waals surface area contributed by atoms with Gasteiger partial charge in [0.2, 0.25) is 0 Å². The van der Waals surface area contributed by atoms with Crippen LogP contribution in [0.5, 0.6) is 11.5 Å². The minimum absolute atomic E-state index is 0. The second-order valence-corrected chi connectivity index (χ2v) is 6.05. The number of anilines is 1. The van der Waals surface area contributed by atoms with E-state index in [0.717, 1.165) is 12.1 Å². The van der Waals surface area contributed by atoms with Crippen LogP contribution in [0.3, 0.4) is 0 Å². The van der Waals surface area contributed by atoms with Crippen molar-refractivity contribution in [3.63, 3.8) is 0 Å². The molecule has 0 bridgehead atoms. The van der Waals surface area contributed by atoms with Crippen molar-refractivity contribution >= 4 is 24.1 Å². The maximum absolute atomic E-state index is 12.6. The molecule has 1 saturated heterocycles. The number of nitrogens with one attached hydrogen (secondary N) is 2. The molecule has 0 saturated carbocycles. The Morgan fingerprint density at radius 3 is 2.66 bits per heavy atom. The lowest BCUT2D eigenvalue weighted by Gasteiger charge is -2.35. The van der Waals surface area contributed by atoms with Crippen LogP contribution in [0, 0.1) is 0 Å². The Labute approximate surface area is 171 Å². The number of alkyl halides is 3. The zero-order valence-corrected chi connectivity index (χ0v) is 16.0. The summed E-state index contributed by atoms with van der Waals surface area (Å²) in [5, 5.41) is 5.89. The molecule has 2 heterocycles. The van der Waals surface area contributed by atoms with E-state index in [1.807, 2.05) is 0 Å². The minimum Gasteiger partial charge on any atom is -0.490 e. The summed E-state index contributed by atoms with van der Waals surface area (Å²) < 4.78 is 46.1. The summed E-state index contributed by atoms with van der Waals surface area (Å²) >= 11 is 0. The molecule has 158 valence electrons. The van der Waals surface area contributed by atoms with Crippen LogP contribution in [-0.2, 0) is 0 Å². The minimum atomic E-state index is -4.76. The summed E-state index contributed by atoms with van der Waals surface area (Å²) in [7, 11) is 0. The lowest BCUT2D eigenvalue weighted by Crippen LogP contribution is -2.57. The Morgan fingerprint density at radius 1 is 1.24 bits per heavy atom. The smallest absolute Gasteiger partial charge is 0.490 e. The highest BCUT2D eigenvalue weighted by Gasteiger charge is 2.31. The number of carbonyl (C=O) groups excluding carboxylic acids is 1. The molecule has 1 fully saturated rings. The number of pyridine rings is 1. The van der Waals surface area contributed by atoms with Crippen LogP contribution in [0.15, 0.2) is 48.8 Å². The van der Waals surface area contributed by atoms with E-state index in [-0.39, 0.29) is 36.8 Å². The first-order chi connectivity index (χ1) is 13.4. The summed E-state index contributed by atoms with van der Waals surface area (Å²) in [6, 6.07) is 7.95. The number of benzene rings is 1. The molecule has 3 rings (SSSR count). The number of nitrogens with zero attached hydrogens (tertiary/aromatic N) is 2. The van der Waals surface area contributed by atoms with E-state index in [1.54, 1.807) is 29.4 Å². The molecule has 1 aliphatic rings. The third-order valence-corrected chi connectivity index (χ3v) is 4.03. The van der Waals surface area contributed by atoms with Gasteiger partial charge in [0.05, 0.1) is 12.2 Å². The maximum atomic E-state index is 12.6. The number of rotatable bonds is 5. The Bertz CT molecular complexity index is 778. The predicted molar refractivity (Wildman–Crippen MR) is 102 cm³/mol. The first-order valence-corrected chi connectivity index (χ1v) is 8.58. The number of urea groups is 1. The number of hydrogen-bond acceptors (Lipinski definition) is 5. The monoisotopic (exact) mass is 432 g/mol. The molecule has 0 spiro atoms. The molecule has 1 aromatic heterocycles. The van der Waals surface area contributed by atoms with Gasteiger partial charge in [0.1, 0.15) is 18.1 Å². The molecule has 11 heteroatoms. The SMILES string of the molecule is Cl.O=C(Nc1ccc(OC(F)(F)F)cc1)N1CCNCC1COc1cccnc1. The van der Waals surface area contributed by atoms with Gasteiger partial charge in [-0.25, -0.2) is 4.79 Å². The highest BCUT2D eigenvalue weighted by Crippen LogP contribution is 2.24. The van der Waals surface area contributed by atoms with Crippen molar-refractivity contribution in [2.45, 2.75) is 12.4 Å². The molecule has 2 N–H and O–H groups in total. The Balaban J connectivity index is 0.00000300. The van der Waals surface area contributed by atoms with E-state index in [0.29, 0.717) is 31.1 Å². The fraction of sp³-hybridized carbons (Fsp3) is 0.333. The molecule has 29 heavy (non-hydrogen) atoms. The quantitative estimate of drug-likeness (QED) is 0.758. The molecule has 1 aromatic carbocycles. The van der Waals surface area contributed by atoms with E-state index >= 15 is 0 Å². The number of amides is 2. The Morgan fingerprint density at radius 2 is 2.00 bits per heavy atom. The summed E-state index contributed by atoms with van der Waals surface area (Å²) in [5.41, 5.74) is 0.366. The third kappa shape index (κ3) is 6.99. The predicted octanol–water partition coefficient (Wildman–Crippen LogP) is 3.29. The van der Waals surface area contributed by atoms with Gasteiger partial charge >= 0.3 is 12.4 Å². The van der Waals surface area contributed by atoms with Crippen LogP contribution < -0.4 is 20.1 Å². The van der Waals surface area contributed by atoms with Crippen molar-refractivity contribution in [1.82, 2.24) is 15.2 Å². The zero-order valence-electron chi connectivity index (χ0n) is 15.2. The van der Waals surface area contributed by atoms with Gasteiger partial charge in [-0.3, -0.25) is 4.98 Å². The van der Waals surface area contributed by atoms with Crippen LogP contribution >= 0.6 is 12.4 Å². The van der Waals surface area contributed by atoms with E-state index in [9.17, 15) is 18.0 Å². The van der Waals surface area contributed by atoms with Crippen molar-refractivity contribution in [2.75, 3.05) is 31.6 Å². The molecule has 1 aliphatic heterocycles. The number of ether oxygens (including phenoxy) is 2. The van der Waals surface area contributed by atoms with Gasteiger partial charge in [-0.05, 0) is 36.4 Å². The summed E-state index contributed by atoms with van der Waals surface area (Å²) in [4.78, 5) is 18.2. The van der Waals surface area contributed by atoms with Crippen LogP contribution in [0.25, 0.3) is 0 Å². The average Bonchev–Trinajstić information content (AvgIpc) is 2.68. The number of halogens is 4. The van der Waals surface area contributed by atoms with Crippen LogP contribution in [0.1, 0.15) is 0 Å². The normalized spacial score (nSPS) is 16.5. The van der Waals surface area contributed by atoms with E-state index in [1.165, 1.54) is 12.1 Å².